The highest BCUT2D eigenvalue weighted by molar-refractivity contribution is 4.91. The molecule has 2 rings (SSSR count). The summed E-state index contributed by atoms with van der Waals surface area (Å²) in [7, 11) is 0. The first-order valence-electron chi connectivity index (χ1n) is 10.7. The first-order valence-corrected chi connectivity index (χ1v) is 10.7. The molecule has 1 saturated carbocycles. The zero-order valence-electron chi connectivity index (χ0n) is 17.9. The van der Waals surface area contributed by atoms with Crippen molar-refractivity contribution in [2.75, 3.05) is 26.2 Å². The highest BCUT2D eigenvalue weighted by Gasteiger charge is 2.47. The van der Waals surface area contributed by atoms with Crippen molar-refractivity contribution >= 4 is 0 Å². The standard InChI is InChI=1S/C22H43NO2/c1-8-23(15-17(2)3)14-11-20-16-24-22(25-20)12-9-19(10-13-22)21(6,7)18(4)5/h17-20H,8-16H2,1-7H3. The lowest BCUT2D eigenvalue weighted by atomic mass is 9.64. The Morgan fingerprint density at radius 3 is 2.28 bits per heavy atom. The molecular formula is C22H43NO2. The summed E-state index contributed by atoms with van der Waals surface area (Å²) in [4.78, 5) is 2.54. The molecule has 1 heterocycles. The summed E-state index contributed by atoms with van der Waals surface area (Å²) in [6, 6.07) is 0. The number of ether oxygens (including phenoxy) is 2. The highest BCUT2D eigenvalue weighted by Crippen LogP contribution is 2.48. The molecule has 0 aromatic heterocycles. The summed E-state index contributed by atoms with van der Waals surface area (Å²) in [5, 5.41) is 0. The molecule has 1 aliphatic heterocycles. The second-order valence-electron chi connectivity index (χ2n) is 9.79. The van der Waals surface area contributed by atoms with Crippen molar-refractivity contribution in [1.29, 1.82) is 0 Å². The number of rotatable bonds is 8. The Morgan fingerprint density at radius 2 is 1.76 bits per heavy atom. The fraction of sp³-hybridized carbons (Fsp3) is 1.00. The molecule has 148 valence electrons. The van der Waals surface area contributed by atoms with Gasteiger partial charge in [0.25, 0.3) is 0 Å². The van der Waals surface area contributed by atoms with Gasteiger partial charge in [-0.25, -0.2) is 0 Å². The van der Waals surface area contributed by atoms with Gasteiger partial charge in [0.05, 0.1) is 12.7 Å². The Balaban J connectivity index is 1.79. The Morgan fingerprint density at radius 1 is 1.12 bits per heavy atom. The van der Waals surface area contributed by atoms with E-state index in [2.05, 4.69) is 53.4 Å². The van der Waals surface area contributed by atoms with Gasteiger partial charge in [0, 0.05) is 25.9 Å². The lowest BCUT2D eigenvalue weighted by molar-refractivity contribution is -0.198. The molecule has 2 aliphatic rings. The van der Waals surface area contributed by atoms with Gasteiger partial charge < -0.3 is 14.4 Å². The minimum Gasteiger partial charge on any atom is -0.347 e. The first kappa shape index (κ1) is 21.2. The van der Waals surface area contributed by atoms with Gasteiger partial charge in [0.1, 0.15) is 0 Å². The van der Waals surface area contributed by atoms with E-state index in [1.807, 2.05) is 0 Å². The quantitative estimate of drug-likeness (QED) is 0.588. The van der Waals surface area contributed by atoms with Crippen molar-refractivity contribution < 1.29 is 9.47 Å². The van der Waals surface area contributed by atoms with Gasteiger partial charge in [-0.05, 0) is 49.0 Å². The molecule has 0 aromatic carbocycles. The van der Waals surface area contributed by atoms with Crippen LogP contribution in [0.5, 0.6) is 0 Å². The number of hydrogen-bond donors (Lipinski definition) is 0. The van der Waals surface area contributed by atoms with E-state index < -0.39 is 0 Å². The molecule has 1 spiro atoms. The van der Waals surface area contributed by atoms with Crippen molar-refractivity contribution in [2.24, 2.45) is 23.2 Å². The van der Waals surface area contributed by atoms with E-state index in [0.717, 1.165) is 56.7 Å². The second kappa shape index (κ2) is 8.71. The average molecular weight is 354 g/mol. The monoisotopic (exact) mass is 353 g/mol. The maximum atomic E-state index is 6.46. The van der Waals surface area contributed by atoms with Crippen LogP contribution in [0.2, 0.25) is 0 Å². The largest absolute Gasteiger partial charge is 0.347 e. The van der Waals surface area contributed by atoms with Crippen LogP contribution in [-0.4, -0.2) is 43.0 Å². The van der Waals surface area contributed by atoms with E-state index in [4.69, 9.17) is 9.47 Å². The van der Waals surface area contributed by atoms with Gasteiger partial charge in [0.15, 0.2) is 5.79 Å². The van der Waals surface area contributed by atoms with Crippen LogP contribution in [0, 0.1) is 23.2 Å². The molecule has 0 aromatic rings. The van der Waals surface area contributed by atoms with E-state index >= 15 is 0 Å². The molecule has 0 bridgehead atoms. The van der Waals surface area contributed by atoms with E-state index in [1.54, 1.807) is 0 Å². The van der Waals surface area contributed by atoms with Gasteiger partial charge in [-0.1, -0.05) is 48.5 Å². The van der Waals surface area contributed by atoms with Crippen molar-refractivity contribution in [2.45, 2.75) is 92.5 Å². The Labute approximate surface area is 156 Å². The smallest absolute Gasteiger partial charge is 0.168 e. The summed E-state index contributed by atoms with van der Waals surface area (Å²) in [5.74, 6) is 1.99. The van der Waals surface area contributed by atoms with Gasteiger partial charge in [-0.3, -0.25) is 0 Å². The molecule has 1 unspecified atom stereocenters. The van der Waals surface area contributed by atoms with Crippen LogP contribution in [-0.2, 0) is 9.47 Å². The van der Waals surface area contributed by atoms with Crippen molar-refractivity contribution in [3.63, 3.8) is 0 Å². The van der Waals surface area contributed by atoms with Crippen LogP contribution >= 0.6 is 0 Å². The fourth-order valence-corrected chi connectivity index (χ4v) is 4.52. The molecule has 0 N–H and O–H groups in total. The summed E-state index contributed by atoms with van der Waals surface area (Å²) < 4.78 is 12.7. The summed E-state index contributed by atoms with van der Waals surface area (Å²) in [6.07, 6.45) is 6.03. The van der Waals surface area contributed by atoms with E-state index in [1.165, 1.54) is 19.4 Å². The topological polar surface area (TPSA) is 21.7 Å². The zero-order valence-corrected chi connectivity index (χ0v) is 17.9. The molecule has 2 fully saturated rings. The normalized spacial score (nSPS) is 31.0. The summed E-state index contributed by atoms with van der Waals surface area (Å²) >= 11 is 0. The van der Waals surface area contributed by atoms with Crippen LogP contribution < -0.4 is 0 Å². The lowest BCUT2D eigenvalue weighted by Gasteiger charge is -2.44. The molecule has 0 radical (unpaired) electrons. The summed E-state index contributed by atoms with van der Waals surface area (Å²) in [5.41, 5.74) is 0.415. The Bertz CT molecular complexity index is 397. The van der Waals surface area contributed by atoms with Crippen LogP contribution in [0.15, 0.2) is 0 Å². The maximum Gasteiger partial charge on any atom is 0.168 e. The van der Waals surface area contributed by atoms with Gasteiger partial charge in [-0.2, -0.15) is 0 Å². The zero-order chi connectivity index (χ0) is 18.7. The van der Waals surface area contributed by atoms with Gasteiger partial charge >= 0.3 is 0 Å². The van der Waals surface area contributed by atoms with E-state index in [0.29, 0.717) is 5.41 Å². The third-order valence-electron chi connectivity index (χ3n) is 7.04. The van der Waals surface area contributed by atoms with Crippen LogP contribution in [0.25, 0.3) is 0 Å². The Hall–Kier alpha value is -0.120. The molecule has 1 aliphatic carbocycles. The minimum absolute atomic E-state index is 0.261. The maximum absolute atomic E-state index is 6.46. The Kier molecular flexibility index (Phi) is 7.38. The van der Waals surface area contributed by atoms with E-state index in [9.17, 15) is 0 Å². The predicted octanol–water partition coefficient (Wildman–Crippen LogP) is 5.34. The molecule has 3 heteroatoms. The summed E-state index contributed by atoms with van der Waals surface area (Å²) in [6.45, 7) is 20.7. The van der Waals surface area contributed by atoms with Crippen molar-refractivity contribution in [3.05, 3.63) is 0 Å². The van der Waals surface area contributed by atoms with Crippen LogP contribution in [0.4, 0.5) is 0 Å². The second-order valence-corrected chi connectivity index (χ2v) is 9.79. The first-order chi connectivity index (χ1) is 11.7. The third-order valence-corrected chi connectivity index (χ3v) is 7.04. The molecule has 25 heavy (non-hydrogen) atoms. The third kappa shape index (κ3) is 5.43. The van der Waals surface area contributed by atoms with Crippen molar-refractivity contribution in [1.82, 2.24) is 4.90 Å². The van der Waals surface area contributed by atoms with Gasteiger partial charge in [0.2, 0.25) is 0 Å². The average Bonchev–Trinajstić information content (AvgIpc) is 2.94. The molecule has 3 nitrogen and oxygen atoms in total. The van der Waals surface area contributed by atoms with Gasteiger partial charge in [-0.15, -0.1) is 0 Å². The SMILES string of the molecule is CCN(CCC1COC2(CCC(C(C)(C)C(C)C)CC2)O1)CC(C)C. The van der Waals surface area contributed by atoms with Crippen LogP contribution in [0.3, 0.4) is 0 Å². The molecular weight excluding hydrogens is 310 g/mol. The number of hydrogen-bond acceptors (Lipinski definition) is 3. The van der Waals surface area contributed by atoms with E-state index in [-0.39, 0.29) is 11.9 Å². The predicted molar refractivity (Wildman–Crippen MR) is 106 cm³/mol. The lowest BCUT2D eigenvalue weighted by Crippen LogP contribution is -2.41. The molecule has 1 atom stereocenters. The minimum atomic E-state index is -0.261. The fourth-order valence-electron chi connectivity index (χ4n) is 4.52. The molecule has 1 saturated heterocycles. The van der Waals surface area contributed by atoms with Crippen molar-refractivity contribution in [3.8, 4) is 0 Å². The number of nitrogens with zero attached hydrogens (tertiary/aromatic N) is 1. The molecule has 0 amide bonds. The van der Waals surface area contributed by atoms with Crippen LogP contribution in [0.1, 0.15) is 80.6 Å². The highest BCUT2D eigenvalue weighted by atomic mass is 16.7.